The molecule has 0 N–H and O–H groups in total. The summed E-state index contributed by atoms with van der Waals surface area (Å²) in [6.45, 7) is 4.42. The van der Waals surface area contributed by atoms with E-state index < -0.39 is 11.0 Å². The molecule has 5 heteroatoms. The molecule has 0 amide bonds. The highest BCUT2D eigenvalue weighted by Gasteiger charge is 2.40. The summed E-state index contributed by atoms with van der Waals surface area (Å²) in [7, 11) is 0. The van der Waals surface area contributed by atoms with E-state index in [9.17, 15) is 13.2 Å². The number of ether oxygens (including phenoxy) is 1. The largest absolute Gasteiger partial charge is 0.492 e. The molecule has 17 heavy (non-hydrogen) atoms. The Bertz CT molecular complexity index is 440. The molecule has 0 fully saturated rings. The molecule has 0 bridgehead atoms. The maximum atomic E-state index is 12.6. The lowest BCUT2D eigenvalue weighted by Gasteiger charge is -2.18. The van der Waals surface area contributed by atoms with Gasteiger partial charge in [-0.1, -0.05) is 35.8 Å². The van der Waals surface area contributed by atoms with Crippen molar-refractivity contribution < 1.29 is 17.9 Å². The van der Waals surface area contributed by atoms with Crippen molar-refractivity contribution in [2.24, 2.45) is 0 Å². The average molecular weight is 309 g/mol. The minimum Gasteiger partial charge on any atom is -0.492 e. The van der Waals surface area contributed by atoms with E-state index in [1.165, 1.54) is 6.07 Å². The van der Waals surface area contributed by atoms with E-state index in [1.807, 2.05) is 13.8 Å². The molecule has 0 saturated heterocycles. The van der Waals surface area contributed by atoms with Crippen LogP contribution in [-0.2, 0) is 5.41 Å². The van der Waals surface area contributed by atoms with Crippen molar-refractivity contribution >= 4 is 15.9 Å². The van der Waals surface area contributed by atoms with Gasteiger partial charge in [0.1, 0.15) is 10.6 Å². The van der Waals surface area contributed by atoms with Gasteiger partial charge in [0.2, 0.25) is 0 Å². The van der Waals surface area contributed by atoms with Crippen LogP contribution in [0.2, 0.25) is 0 Å². The van der Waals surface area contributed by atoms with Crippen LogP contribution in [0.4, 0.5) is 13.2 Å². The number of fused-ring (bicyclic) bond motifs is 1. The standard InChI is InChI=1S/C12H12BrF3O/c1-11(2)6-17-9-4-3-7(5-8(9)11)10(13)12(14,15)16/h3-5,10H,6H2,1-2H3. The van der Waals surface area contributed by atoms with Crippen molar-refractivity contribution in [3.63, 3.8) is 0 Å². The van der Waals surface area contributed by atoms with E-state index in [0.29, 0.717) is 12.4 Å². The van der Waals surface area contributed by atoms with Crippen LogP contribution in [0.3, 0.4) is 0 Å². The topological polar surface area (TPSA) is 9.23 Å². The van der Waals surface area contributed by atoms with Crippen LogP contribution in [0.1, 0.15) is 29.8 Å². The third-order valence-electron chi connectivity index (χ3n) is 2.90. The lowest BCUT2D eigenvalue weighted by Crippen LogP contribution is -2.19. The fraction of sp³-hybridized carbons (Fsp3) is 0.500. The zero-order chi connectivity index (χ0) is 12.8. The van der Waals surface area contributed by atoms with Gasteiger partial charge in [-0.25, -0.2) is 0 Å². The lowest BCUT2D eigenvalue weighted by atomic mass is 9.86. The SMILES string of the molecule is CC1(C)COc2ccc(C(Br)C(F)(F)F)cc21. The van der Waals surface area contributed by atoms with Gasteiger partial charge in [0.05, 0.1) is 6.61 Å². The predicted octanol–water partition coefficient (Wildman–Crippen LogP) is 4.35. The summed E-state index contributed by atoms with van der Waals surface area (Å²) >= 11 is 2.69. The zero-order valence-corrected chi connectivity index (χ0v) is 11.0. The fourth-order valence-corrected chi connectivity index (χ4v) is 2.17. The molecule has 1 aliphatic rings. The second kappa shape index (κ2) is 3.90. The van der Waals surface area contributed by atoms with Crippen molar-refractivity contribution in [3.8, 4) is 5.75 Å². The number of rotatable bonds is 1. The third kappa shape index (κ3) is 2.30. The van der Waals surface area contributed by atoms with E-state index in [0.717, 1.165) is 5.56 Å². The quantitative estimate of drug-likeness (QED) is 0.701. The molecule has 0 saturated carbocycles. The molecule has 94 valence electrons. The summed E-state index contributed by atoms with van der Waals surface area (Å²) in [5, 5.41) is 0. The Balaban J connectivity index is 2.41. The summed E-state index contributed by atoms with van der Waals surface area (Å²) in [5.74, 6) is 0.681. The Morgan fingerprint density at radius 3 is 2.59 bits per heavy atom. The van der Waals surface area contributed by atoms with Crippen LogP contribution >= 0.6 is 15.9 Å². The van der Waals surface area contributed by atoms with Gasteiger partial charge in [-0.3, -0.25) is 0 Å². The molecule has 1 aromatic rings. The Morgan fingerprint density at radius 1 is 1.35 bits per heavy atom. The van der Waals surface area contributed by atoms with Gasteiger partial charge in [0, 0.05) is 11.0 Å². The van der Waals surface area contributed by atoms with Crippen molar-refractivity contribution in [1.29, 1.82) is 0 Å². The highest BCUT2D eigenvalue weighted by atomic mass is 79.9. The number of hydrogen-bond donors (Lipinski definition) is 0. The molecule has 1 heterocycles. The fourth-order valence-electron chi connectivity index (χ4n) is 1.88. The maximum Gasteiger partial charge on any atom is 0.405 e. The van der Waals surface area contributed by atoms with Crippen LogP contribution in [-0.4, -0.2) is 12.8 Å². The first-order valence-corrected chi connectivity index (χ1v) is 6.11. The van der Waals surface area contributed by atoms with Gasteiger partial charge in [0.25, 0.3) is 0 Å². The molecule has 2 rings (SSSR count). The first-order chi connectivity index (χ1) is 7.72. The monoisotopic (exact) mass is 308 g/mol. The number of halogens is 4. The molecular formula is C12H12BrF3O. The second-order valence-corrected chi connectivity index (χ2v) is 5.75. The Morgan fingerprint density at radius 2 is 2.00 bits per heavy atom. The molecular weight excluding hydrogens is 297 g/mol. The van der Waals surface area contributed by atoms with Crippen LogP contribution < -0.4 is 4.74 Å². The zero-order valence-electron chi connectivity index (χ0n) is 9.44. The van der Waals surface area contributed by atoms with Crippen LogP contribution in [0.25, 0.3) is 0 Å². The predicted molar refractivity (Wildman–Crippen MR) is 62.7 cm³/mol. The van der Waals surface area contributed by atoms with Crippen molar-refractivity contribution in [2.75, 3.05) is 6.61 Å². The second-order valence-electron chi connectivity index (χ2n) is 4.83. The summed E-state index contributed by atoms with van der Waals surface area (Å²) < 4.78 is 43.2. The van der Waals surface area contributed by atoms with Gasteiger partial charge < -0.3 is 4.74 Å². The molecule has 1 nitrogen and oxygen atoms in total. The van der Waals surface area contributed by atoms with Crippen molar-refractivity contribution in [1.82, 2.24) is 0 Å². The molecule has 0 spiro atoms. The van der Waals surface area contributed by atoms with E-state index in [-0.39, 0.29) is 11.0 Å². The molecule has 0 aliphatic carbocycles. The first kappa shape index (κ1) is 12.7. The van der Waals surface area contributed by atoms with Crippen molar-refractivity contribution in [3.05, 3.63) is 29.3 Å². The van der Waals surface area contributed by atoms with Gasteiger partial charge in [-0.15, -0.1) is 0 Å². The Kier molecular flexibility index (Phi) is 2.92. The molecule has 1 atom stereocenters. The minimum absolute atomic E-state index is 0.217. The third-order valence-corrected chi connectivity index (χ3v) is 3.95. The van der Waals surface area contributed by atoms with E-state index >= 15 is 0 Å². The highest BCUT2D eigenvalue weighted by Crippen LogP contribution is 2.44. The molecule has 1 unspecified atom stereocenters. The van der Waals surface area contributed by atoms with Gasteiger partial charge >= 0.3 is 6.18 Å². The van der Waals surface area contributed by atoms with E-state index in [1.54, 1.807) is 12.1 Å². The molecule has 1 aromatic carbocycles. The van der Waals surface area contributed by atoms with Crippen molar-refractivity contribution in [2.45, 2.75) is 30.3 Å². The molecule has 1 aliphatic heterocycles. The summed E-state index contributed by atoms with van der Waals surface area (Å²) in [4.78, 5) is -1.63. The maximum absolute atomic E-state index is 12.6. The highest BCUT2D eigenvalue weighted by molar-refractivity contribution is 9.09. The van der Waals surface area contributed by atoms with Crippen LogP contribution in [0.15, 0.2) is 18.2 Å². The average Bonchev–Trinajstić information content (AvgIpc) is 2.52. The van der Waals surface area contributed by atoms with Gasteiger partial charge in [-0.2, -0.15) is 13.2 Å². The number of hydrogen-bond acceptors (Lipinski definition) is 1. The smallest absolute Gasteiger partial charge is 0.405 e. The van der Waals surface area contributed by atoms with Crippen LogP contribution in [0, 0.1) is 0 Å². The van der Waals surface area contributed by atoms with Gasteiger partial charge in [-0.05, 0) is 17.7 Å². The summed E-state index contributed by atoms with van der Waals surface area (Å²) in [6, 6.07) is 4.64. The Hall–Kier alpha value is -0.710. The summed E-state index contributed by atoms with van der Waals surface area (Å²) in [6.07, 6.45) is -4.28. The number of benzene rings is 1. The van der Waals surface area contributed by atoms with E-state index in [4.69, 9.17) is 4.74 Å². The first-order valence-electron chi connectivity index (χ1n) is 5.20. The number of alkyl halides is 4. The molecule has 0 aromatic heterocycles. The molecule has 0 radical (unpaired) electrons. The lowest BCUT2D eigenvalue weighted by molar-refractivity contribution is -0.128. The van der Waals surface area contributed by atoms with E-state index in [2.05, 4.69) is 15.9 Å². The van der Waals surface area contributed by atoms with Gasteiger partial charge in [0.15, 0.2) is 0 Å². The summed E-state index contributed by atoms with van der Waals surface area (Å²) in [5.41, 5.74) is 0.822. The van der Waals surface area contributed by atoms with Crippen LogP contribution in [0.5, 0.6) is 5.75 Å². The normalized spacial score (nSPS) is 19.6. The minimum atomic E-state index is -4.28. The Labute approximate surface area is 106 Å².